The fourth-order valence-corrected chi connectivity index (χ4v) is 5.07. The molecular weight excluding hydrogens is 286 g/mol. The van der Waals surface area contributed by atoms with Crippen LogP contribution in [0.2, 0.25) is 0 Å². The van der Waals surface area contributed by atoms with Gasteiger partial charge < -0.3 is 4.90 Å². The maximum absolute atomic E-state index is 12.5. The van der Waals surface area contributed by atoms with E-state index >= 15 is 0 Å². The highest BCUT2D eigenvalue weighted by Gasteiger charge is 2.36. The first kappa shape index (κ1) is 16.5. The third-order valence-electron chi connectivity index (χ3n) is 4.87. The fourth-order valence-electron chi connectivity index (χ4n) is 3.59. The molecule has 1 amide bonds. The van der Waals surface area contributed by atoms with Gasteiger partial charge in [0, 0.05) is 25.8 Å². The summed E-state index contributed by atoms with van der Waals surface area (Å²) in [4.78, 5) is 14.2. The molecule has 0 unspecified atom stereocenters. The molecular formula is C16H27NO3S. The molecule has 1 saturated carbocycles. The van der Waals surface area contributed by atoms with E-state index in [4.69, 9.17) is 0 Å². The molecule has 0 aliphatic heterocycles. The Hall–Kier alpha value is -0.840. The topological polar surface area (TPSA) is 54.5 Å². The maximum atomic E-state index is 12.5. The van der Waals surface area contributed by atoms with Crippen molar-refractivity contribution in [3.05, 3.63) is 11.6 Å². The summed E-state index contributed by atoms with van der Waals surface area (Å²) in [6, 6.07) is -0.148. The van der Waals surface area contributed by atoms with Crippen molar-refractivity contribution in [2.75, 3.05) is 13.3 Å². The van der Waals surface area contributed by atoms with Crippen molar-refractivity contribution < 1.29 is 13.2 Å². The number of nitrogens with zero attached hydrogens (tertiary/aromatic N) is 1. The Labute approximate surface area is 128 Å². The van der Waals surface area contributed by atoms with Crippen LogP contribution in [-0.4, -0.2) is 43.8 Å². The van der Waals surface area contributed by atoms with Gasteiger partial charge >= 0.3 is 0 Å². The lowest BCUT2D eigenvalue weighted by atomic mass is 9.92. The minimum Gasteiger partial charge on any atom is -0.341 e. The molecule has 2 aliphatic rings. The third-order valence-corrected chi connectivity index (χ3v) is 6.52. The van der Waals surface area contributed by atoms with E-state index in [1.165, 1.54) is 18.2 Å². The Balaban J connectivity index is 2.04. The van der Waals surface area contributed by atoms with Crippen LogP contribution < -0.4 is 0 Å². The van der Waals surface area contributed by atoms with E-state index in [1.807, 2.05) is 0 Å². The summed E-state index contributed by atoms with van der Waals surface area (Å²) in [6.45, 7) is 0. The molecule has 0 heterocycles. The zero-order valence-electron chi connectivity index (χ0n) is 13.2. The van der Waals surface area contributed by atoms with Gasteiger partial charge in [0.2, 0.25) is 5.91 Å². The molecule has 0 N–H and O–H groups in total. The van der Waals surface area contributed by atoms with Gasteiger partial charge in [-0.15, -0.1) is 0 Å². The zero-order chi connectivity index (χ0) is 15.5. The predicted octanol–water partition coefficient (Wildman–Crippen LogP) is 2.69. The number of rotatable bonds is 4. The van der Waals surface area contributed by atoms with E-state index in [9.17, 15) is 13.2 Å². The van der Waals surface area contributed by atoms with Gasteiger partial charge in [-0.3, -0.25) is 4.79 Å². The second-order valence-corrected chi connectivity index (χ2v) is 8.77. The average molecular weight is 313 g/mol. The van der Waals surface area contributed by atoms with Gasteiger partial charge in [-0.25, -0.2) is 8.42 Å². The van der Waals surface area contributed by atoms with Gasteiger partial charge in [0.1, 0.15) is 0 Å². The number of allylic oxidation sites excluding steroid dienone is 1. The predicted molar refractivity (Wildman–Crippen MR) is 84.8 cm³/mol. The molecule has 5 heteroatoms. The van der Waals surface area contributed by atoms with Crippen molar-refractivity contribution in [1.82, 2.24) is 4.90 Å². The van der Waals surface area contributed by atoms with Gasteiger partial charge in [-0.05, 0) is 38.5 Å². The van der Waals surface area contributed by atoms with Gasteiger partial charge in [0.15, 0.2) is 9.84 Å². The number of amides is 1. The summed E-state index contributed by atoms with van der Waals surface area (Å²) in [6.07, 6.45) is 11.9. The summed E-state index contributed by atoms with van der Waals surface area (Å²) < 4.78 is 23.9. The van der Waals surface area contributed by atoms with E-state index < -0.39 is 9.84 Å². The van der Waals surface area contributed by atoms with Gasteiger partial charge in [0.05, 0.1) is 5.25 Å². The molecule has 120 valence electrons. The molecule has 2 atom stereocenters. The van der Waals surface area contributed by atoms with Crippen LogP contribution in [0.4, 0.5) is 0 Å². The van der Waals surface area contributed by atoms with Crippen LogP contribution in [0.25, 0.3) is 0 Å². The van der Waals surface area contributed by atoms with Crippen molar-refractivity contribution in [3.8, 4) is 0 Å². The second-order valence-electron chi connectivity index (χ2n) is 6.51. The lowest BCUT2D eigenvalue weighted by molar-refractivity contribution is -0.131. The van der Waals surface area contributed by atoms with Crippen LogP contribution >= 0.6 is 0 Å². The Morgan fingerprint density at radius 2 is 1.95 bits per heavy atom. The third kappa shape index (κ3) is 4.31. The molecule has 2 aliphatic carbocycles. The maximum Gasteiger partial charge on any atom is 0.226 e. The number of hydrogen-bond acceptors (Lipinski definition) is 3. The Morgan fingerprint density at radius 3 is 2.57 bits per heavy atom. The van der Waals surface area contributed by atoms with Crippen molar-refractivity contribution >= 4 is 15.7 Å². The smallest absolute Gasteiger partial charge is 0.226 e. The van der Waals surface area contributed by atoms with Crippen molar-refractivity contribution in [3.63, 3.8) is 0 Å². The first-order valence-corrected chi connectivity index (χ1v) is 9.97. The van der Waals surface area contributed by atoms with Gasteiger partial charge in [-0.1, -0.05) is 24.5 Å². The first-order valence-electron chi connectivity index (χ1n) is 8.02. The van der Waals surface area contributed by atoms with Crippen molar-refractivity contribution in [1.29, 1.82) is 0 Å². The number of carbonyl (C=O) groups excluding carboxylic acids is 1. The van der Waals surface area contributed by atoms with Crippen LogP contribution in [0.5, 0.6) is 0 Å². The summed E-state index contributed by atoms with van der Waals surface area (Å²) >= 11 is 0. The van der Waals surface area contributed by atoms with Crippen molar-refractivity contribution in [2.45, 2.75) is 69.1 Å². The van der Waals surface area contributed by atoms with Crippen LogP contribution in [-0.2, 0) is 14.6 Å². The van der Waals surface area contributed by atoms with Gasteiger partial charge in [0.25, 0.3) is 0 Å². The number of carbonyl (C=O) groups is 1. The summed E-state index contributed by atoms with van der Waals surface area (Å²) in [5.74, 6) is 0.0729. The van der Waals surface area contributed by atoms with E-state index in [2.05, 4.69) is 6.08 Å². The van der Waals surface area contributed by atoms with E-state index in [0.29, 0.717) is 12.8 Å². The SMILES string of the molecule is CN(C(=O)CC1=CCCCC1)[C@H]1CCCC[C@H]1S(C)(=O)=O. The zero-order valence-corrected chi connectivity index (χ0v) is 14.0. The molecule has 0 spiro atoms. The van der Waals surface area contributed by atoms with Crippen LogP contribution in [0.1, 0.15) is 57.8 Å². The highest BCUT2D eigenvalue weighted by molar-refractivity contribution is 7.91. The largest absolute Gasteiger partial charge is 0.341 e. The second kappa shape index (κ2) is 6.95. The lowest BCUT2D eigenvalue weighted by Gasteiger charge is -2.37. The Kier molecular flexibility index (Phi) is 5.47. The summed E-state index contributed by atoms with van der Waals surface area (Å²) in [7, 11) is -1.32. The van der Waals surface area contributed by atoms with Crippen LogP contribution in [0, 0.1) is 0 Å². The van der Waals surface area contributed by atoms with E-state index in [1.54, 1.807) is 11.9 Å². The van der Waals surface area contributed by atoms with Gasteiger partial charge in [-0.2, -0.15) is 0 Å². The molecule has 2 rings (SSSR count). The van der Waals surface area contributed by atoms with E-state index in [-0.39, 0.29) is 17.2 Å². The minimum absolute atomic E-state index is 0.0729. The normalized spacial score (nSPS) is 27.0. The lowest BCUT2D eigenvalue weighted by Crippen LogP contribution is -2.49. The van der Waals surface area contributed by atoms with Crippen LogP contribution in [0.3, 0.4) is 0 Å². The first-order chi connectivity index (χ1) is 9.89. The molecule has 0 aromatic rings. The Bertz CT molecular complexity index is 510. The quantitative estimate of drug-likeness (QED) is 0.750. The highest BCUT2D eigenvalue weighted by atomic mass is 32.2. The molecule has 0 bridgehead atoms. The highest BCUT2D eigenvalue weighted by Crippen LogP contribution is 2.29. The van der Waals surface area contributed by atoms with Crippen LogP contribution in [0.15, 0.2) is 11.6 Å². The molecule has 0 saturated heterocycles. The summed E-state index contributed by atoms with van der Waals surface area (Å²) in [5, 5.41) is -0.388. The standard InChI is InChI=1S/C16H27NO3S/c1-17(16(18)12-13-8-4-3-5-9-13)14-10-6-7-11-15(14)21(2,19)20/h8,14-15H,3-7,9-12H2,1-2H3/t14-,15+/m0/s1. The average Bonchev–Trinajstić information content (AvgIpc) is 2.46. The van der Waals surface area contributed by atoms with E-state index in [0.717, 1.165) is 38.5 Å². The molecule has 0 aromatic heterocycles. The number of sulfone groups is 1. The molecule has 0 radical (unpaired) electrons. The monoisotopic (exact) mass is 313 g/mol. The van der Waals surface area contributed by atoms with Crippen molar-refractivity contribution in [2.24, 2.45) is 0 Å². The minimum atomic E-state index is -3.10. The molecule has 4 nitrogen and oxygen atoms in total. The molecule has 0 aromatic carbocycles. The number of hydrogen-bond donors (Lipinski definition) is 0. The molecule has 1 fully saturated rings. The summed E-state index contributed by atoms with van der Waals surface area (Å²) in [5.41, 5.74) is 1.23. The fraction of sp³-hybridized carbons (Fsp3) is 0.812. The Morgan fingerprint density at radius 1 is 1.24 bits per heavy atom. The molecule has 21 heavy (non-hydrogen) atoms.